The first-order valence-corrected chi connectivity index (χ1v) is 8.31. The number of para-hydroxylation sites is 1. The summed E-state index contributed by atoms with van der Waals surface area (Å²) in [4.78, 5) is 33.0. The minimum absolute atomic E-state index is 0.131. The molecule has 1 aromatic carbocycles. The molecule has 0 spiro atoms. The third-order valence-corrected chi connectivity index (χ3v) is 3.92. The lowest BCUT2D eigenvalue weighted by atomic mass is 10.2. The van der Waals surface area contributed by atoms with Crippen LogP contribution in [0.5, 0.6) is 11.5 Å². The van der Waals surface area contributed by atoms with Crippen LogP contribution in [0.15, 0.2) is 46.4 Å². The third kappa shape index (κ3) is 4.58. The second kappa shape index (κ2) is 8.34. The van der Waals surface area contributed by atoms with Crippen LogP contribution in [0.2, 0.25) is 0 Å². The summed E-state index contributed by atoms with van der Waals surface area (Å²) in [5.74, 6) is -2.43. The summed E-state index contributed by atoms with van der Waals surface area (Å²) in [6.45, 7) is -0.619. The van der Waals surface area contributed by atoms with Gasteiger partial charge in [-0.3, -0.25) is 14.2 Å². The molecule has 8 nitrogen and oxygen atoms in total. The van der Waals surface area contributed by atoms with Crippen LogP contribution in [0, 0.1) is 11.3 Å². The third-order valence-electron chi connectivity index (χ3n) is 3.92. The van der Waals surface area contributed by atoms with Crippen molar-refractivity contribution in [2.45, 2.75) is 19.1 Å². The molecule has 0 saturated carbocycles. The number of nitrogens with zero attached hydrogens (tertiary/aromatic N) is 4. The van der Waals surface area contributed by atoms with E-state index in [1.165, 1.54) is 24.3 Å². The summed E-state index contributed by atoms with van der Waals surface area (Å²) in [7, 11) is 0. The SMILES string of the molecule is N#Cc1ccccc1Oc1c(C(F)(F)F)ncn(Cc2cnc(C(F)F)[nH]c2=O)c1=O. The molecule has 3 aromatic rings. The van der Waals surface area contributed by atoms with Gasteiger partial charge in [-0.15, -0.1) is 0 Å². The van der Waals surface area contributed by atoms with E-state index in [4.69, 9.17) is 10.00 Å². The Labute approximate surface area is 169 Å². The molecule has 1 N–H and O–H groups in total. The van der Waals surface area contributed by atoms with Gasteiger partial charge in [-0.2, -0.15) is 18.4 Å². The molecular formula is C18H10F5N5O3. The number of aromatic nitrogens is 4. The van der Waals surface area contributed by atoms with Gasteiger partial charge in [0.1, 0.15) is 11.8 Å². The van der Waals surface area contributed by atoms with Gasteiger partial charge < -0.3 is 9.72 Å². The van der Waals surface area contributed by atoms with E-state index in [0.717, 1.165) is 6.20 Å². The number of hydrogen-bond acceptors (Lipinski definition) is 6. The van der Waals surface area contributed by atoms with Crippen LogP contribution in [-0.4, -0.2) is 19.5 Å². The van der Waals surface area contributed by atoms with Crippen LogP contribution < -0.4 is 15.9 Å². The zero-order valence-corrected chi connectivity index (χ0v) is 15.2. The topological polar surface area (TPSA) is 114 Å². The van der Waals surface area contributed by atoms with Gasteiger partial charge in [0.2, 0.25) is 5.75 Å². The second-order valence-electron chi connectivity index (χ2n) is 5.99. The Kier molecular flexibility index (Phi) is 5.82. The van der Waals surface area contributed by atoms with Crippen LogP contribution in [0.1, 0.15) is 29.1 Å². The average Bonchev–Trinajstić information content (AvgIpc) is 2.71. The summed E-state index contributed by atoms with van der Waals surface area (Å²) in [6, 6.07) is 7.01. The molecule has 0 unspecified atom stereocenters. The highest BCUT2D eigenvalue weighted by Crippen LogP contribution is 2.35. The Bertz CT molecular complexity index is 1280. The van der Waals surface area contributed by atoms with Crippen molar-refractivity contribution in [3.05, 3.63) is 80.1 Å². The molecule has 0 fully saturated rings. The zero-order valence-electron chi connectivity index (χ0n) is 15.2. The van der Waals surface area contributed by atoms with Gasteiger partial charge in [-0.25, -0.2) is 18.7 Å². The second-order valence-corrected chi connectivity index (χ2v) is 5.99. The zero-order chi connectivity index (χ0) is 22.8. The van der Waals surface area contributed by atoms with Gasteiger partial charge in [0.05, 0.1) is 24.0 Å². The van der Waals surface area contributed by atoms with Crippen molar-refractivity contribution < 1.29 is 26.7 Å². The number of aromatic amines is 1. The van der Waals surface area contributed by atoms with Crippen LogP contribution in [0.4, 0.5) is 22.0 Å². The first-order chi connectivity index (χ1) is 14.6. The molecule has 0 radical (unpaired) electrons. The Morgan fingerprint density at radius 3 is 2.52 bits per heavy atom. The summed E-state index contributed by atoms with van der Waals surface area (Å²) in [6.07, 6.45) is -6.80. The van der Waals surface area contributed by atoms with E-state index in [1.54, 1.807) is 6.07 Å². The van der Waals surface area contributed by atoms with Gasteiger partial charge in [0.25, 0.3) is 17.5 Å². The minimum Gasteiger partial charge on any atom is -0.448 e. The summed E-state index contributed by atoms with van der Waals surface area (Å²) < 4.78 is 71.0. The molecule has 13 heteroatoms. The molecule has 2 aromatic heterocycles. The Morgan fingerprint density at radius 2 is 1.90 bits per heavy atom. The van der Waals surface area contributed by atoms with Gasteiger partial charge >= 0.3 is 6.18 Å². The van der Waals surface area contributed by atoms with Crippen molar-refractivity contribution in [3.8, 4) is 17.6 Å². The van der Waals surface area contributed by atoms with Gasteiger partial charge in [0.15, 0.2) is 11.5 Å². The normalized spacial score (nSPS) is 11.4. The number of alkyl halides is 5. The Hall–Kier alpha value is -4.08. The van der Waals surface area contributed by atoms with E-state index >= 15 is 0 Å². The van der Waals surface area contributed by atoms with Crippen molar-refractivity contribution in [3.63, 3.8) is 0 Å². The molecule has 0 aliphatic heterocycles. The first kappa shape index (κ1) is 21.6. The van der Waals surface area contributed by atoms with E-state index in [1.807, 2.05) is 4.98 Å². The van der Waals surface area contributed by atoms with Gasteiger partial charge in [-0.1, -0.05) is 12.1 Å². The fraction of sp³-hybridized carbons (Fsp3) is 0.167. The Balaban J connectivity index is 2.09. The predicted octanol–water partition coefficient (Wildman–Crippen LogP) is 3.00. The van der Waals surface area contributed by atoms with E-state index in [9.17, 15) is 31.5 Å². The largest absolute Gasteiger partial charge is 0.448 e. The standard InChI is InChI=1S/C18H10F5N5O3/c19-14(20)15-25-6-10(16(29)27-15)7-28-8-26-13(18(21,22)23)12(17(28)30)31-11-4-2-1-3-9(11)5-24/h1-4,6,8,14H,7H2,(H,25,27,29). The molecule has 0 amide bonds. The molecule has 0 aliphatic carbocycles. The van der Waals surface area contributed by atoms with Gasteiger partial charge in [0, 0.05) is 6.20 Å². The van der Waals surface area contributed by atoms with Crippen molar-refractivity contribution >= 4 is 0 Å². The maximum Gasteiger partial charge on any atom is 0.437 e. The van der Waals surface area contributed by atoms with Gasteiger partial charge in [-0.05, 0) is 12.1 Å². The fourth-order valence-electron chi connectivity index (χ4n) is 2.48. The maximum atomic E-state index is 13.4. The van der Waals surface area contributed by atoms with E-state index in [0.29, 0.717) is 10.9 Å². The van der Waals surface area contributed by atoms with Crippen LogP contribution >= 0.6 is 0 Å². The smallest absolute Gasteiger partial charge is 0.437 e. The summed E-state index contributed by atoms with van der Waals surface area (Å²) in [5, 5.41) is 9.09. The number of benzene rings is 1. The summed E-state index contributed by atoms with van der Waals surface area (Å²) in [5.41, 5.74) is -4.37. The summed E-state index contributed by atoms with van der Waals surface area (Å²) >= 11 is 0. The number of ether oxygens (including phenoxy) is 1. The molecule has 3 rings (SSSR count). The van der Waals surface area contributed by atoms with Crippen LogP contribution in [0.3, 0.4) is 0 Å². The number of nitriles is 1. The molecule has 160 valence electrons. The van der Waals surface area contributed by atoms with Crippen LogP contribution in [0.25, 0.3) is 0 Å². The minimum atomic E-state index is -5.06. The molecule has 0 saturated heterocycles. The van der Waals surface area contributed by atoms with Crippen molar-refractivity contribution in [2.24, 2.45) is 0 Å². The average molecular weight is 439 g/mol. The molecular weight excluding hydrogens is 429 g/mol. The number of rotatable bonds is 5. The van der Waals surface area contributed by atoms with Crippen molar-refractivity contribution in [2.75, 3.05) is 0 Å². The van der Waals surface area contributed by atoms with Crippen molar-refractivity contribution in [1.82, 2.24) is 19.5 Å². The highest BCUT2D eigenvalue weighted by molar-refractivity contribution is 5.45. The lowest BCUT2D eigenvalue weighted by Crippen LogP contribution is -2.29. The molecule has 0 aliphatic rings. The quantitative estimate of drug-likeness (QED) is 0.612. The number of hydrogen-bond donors (Lipinski definition) is 1. The lowest BCUT2D eigenvalue weighted by Gasteiger charge is -2.15. The fourth-order valence-corrected chi connectivity index (χ4v) is 2.48. The first-order valence-electron chi connectivity index (χ1n) is 8.31. The molecule has 0 bridgehead atoms. The van der Waals surface area contributed by atoms with E-state index in [-0.39, 0.29) is 16.9 Å². The van der Waals surface area contributed by atoms with Crippen LogP contribution in [-0.2, 0) is 12.7 Å². The number of H-pyrrole nitrogens is 1. The highest BCUT2D eigenvalue weighted by Gasteiger charge is 2.39. The monoisotopic (exact) mass is 439 g/mol. The Morgan fingerprint density at radius 1 is 1.19 bits per heavy atom. The number of nitrogens with one attached hydrogen (secondary N) is 1. The highest BCUT2D eigenvalue weighted by atomic mass is 19.4. The van der Waals surface area contributed by atoms with E-state index < -0.39 is 47.5 Å². The predicted molar refractivity (Wildman–Crippen MR) is 93.6 cm³/mol. The van der Waals surface area contributed by atoms with E-state index in [2.05, 4.69) is 9.97 Å². The maximum absolute atomic E-state index is 13.4. The van der Waals surface area contributed by atoms with Crippen molar-refractivity contribution in [1.29, 1.82) is 5.26 Å². The molecule has 31 heavy (non-hydrogen) atoms. The molecule has 2 heterocycles. The number of halogens is 5. The molecule has 0 atom stereocenters. The lowest BCUT2D eigenvalue weighted by molar-refractivity contribution is -0.142.